The Morgan fingerprint density at radius 1 is 1.05 bits per heavy atom. The van der Waals surface area contributed by atoms with Crippen molar-refractivity contribution in [3.63, 3.8) is 0 Å². The number of nitrogens with one attached hydrogen (secondary N) is 3. The van der Waals surface area contributed by atoms with Crippen molar-refractivity contribution < 1.29 is 27.6 Å². The first-order valence-corrected chi connectivity index (χ1v) is 23.5. The fourth-order valence-corrected chi connectivity index (χ4v) is 11.1. The monoisotopic (exact) mass is 876 g/mol. The maximum Gasteiger partial charge on any atom is 0.312 e. The van der Waals surface area contributed by atoms with Gasteiger partial charge in [-0.15, -0.1) is 0 Å². The molecule has 4 aliphatic rings. The highest BCUT2D eigenvalue weighted by Gasteiger charge is 2.55. The van der Waals surface area contributed by atoms with E-state index in [1.165, 1.54) is 17.3 Å². The van der Waals surface area contributed by atoms with Gasteiger partial charge in [-0.25, -0.2) is 23.1 Å². The van der Waals surface area contributed by atoms with E-state index in [1.807, 2.05) is 6.07 Å². The van der Waals surface area contributed by atoms with Gasteiger partial charge < -0.3 is 24.7 Å². The van der Waals surface area contributed by atoms with Gasteiger partial charge in [-0.05, 0) is 91.2 Å². The maximum absolute atomic E-state index is 13.9. The van der Waals surface area contributed by atoms with Crippen LogP contribution < -0.4 is 19.7 Å². The number of hydrogen-bond donors (Lipinski definition) is 3. The standard InChI is InChI=1S/C47H56N8O7S/c1-30(2)37-7-5-6-8-38(37)41-27-61-18-17-54(41)34-22-47(23-34)28-53(29-47)33-9-10-39(42(20-33)62-35-19-32-13-16-48-43(32)50-25-35)45(56)52-63(59,60)36-21-40(55(57)58)44(51-26-36)49-24-31-11-14-46(3,4)15-12-31/h5-10,13,16,19-21,25-26,30-31,34,41H,11-12,14-15,17-18,22-24,27-29H2,1-4H3,(H,48,50)(H,49,51)(H,52,56)/t41-/m1/s1. The van der Waals surface area contributed by atoms with Crippen LogP contribution in [0, 0.1) is 26.9 Å². The Kier molecular flexibility index (Phi) is 11.4. The largest absolute Gasteiger partial charge is 0.455 e. The fourth-order valence-electron chi connectivity index (χ4n) is 10.1. The lowest BCUT2D eigenvalue weighted by Crippen LogP contribution is -2.67. The molecule has 5 aromatic rings. The summed E-state index contributed by atoms with van der Waals surface area (Å²) in [5.74, 6) is 0.267. The van der Waals surface area contributed by atoms with E-state index in [-0.39, 0.29) is 34.0 Å². The number of nitro groups is 1. The molecule has 0 bridgehead atoms. The number of ether oxygens (including phenoxy) is 2. The predicted octanol–water partition coefficient (Wildman–Crippen LogP) is 8.57. The van der Waals surface area contributed by atoms with Gasteiger partial charge in [0.2, 0.25) is 5.82 Å². The summed E-state index contributed by atoms with van der Waals surface area (Å²) in [4.78, 5) is 41.4. The van der Waals surface area contributed by atoms with E-state index in [2.05, 4.69) is 86.8 Å². The van der Waals surface area contributed by atoms with Crippen molar-refractivity contribution in [2.24, 2.45) is 16.7 Å². The number of benzene rings is 2. The Morgan fingerprint density at radius 3 is 2.59 bits per heavy atom. The Balaban J connectivity index is 0.906. The summed E-state index contributed by atoms with van der Waals surface area (Å²) >= 11 is 0. The third-order valence-electron chi connectivity index (χ3n) is 13.8. The molecule has 3 aromatic heterocycles. The van der Waals surface area contributed by atoms with Crippen molar-refractivity contribution in [2.75, 3.05) is 49.6 Å². The van der Waals surface area contributed by atoms with Crippen molar-refractivity contribution in [1.29, 1.82) is 0 Å². The van der Waals surface area contributed by atoms with Crippen LogP contribution in [0.15, 0.2) is 84.1 Å². The van der Waals surface area contributed by atoms with Crippen LogP contribution in [-0.2, 0) is 14.8 Å². The normalized spacial score (nSPS) is 20.3. The maximum atomic E-state index is 13.9. The molecule has 332 valence electrons. The summed E-state index contributed by atoms with van der Waals surface area (Å²) in [6, 6.07) is 19.1. The summed E-state index contributed by atoms with van der Waals surface area (Å²) in [5, 5.41) is 16.0. The van der Waals surface area contributed by atoms with Crippen molar-refractivity contribution in [3.05, 3.63) is 106 Å². The highest BCUT2D eigenvalue weighted by atomic mass is 32.2. The van der Waals surface area contributed by atoms with E-state index >= 15 is 0 Å². The van der Waals surface area contributed by atoms with Gasteiger partial charge in [0.25, 0.3) is 15.9 Å². The zero-order valence-corrected chi connectivity index (χ0v) is 37.1. The summed E-state index contributed by atoms with van der Waals surface area (Å²) in [5.41, 5.74) is 4.16. The van der Waals surface area contributed by atoms with Crippen LogP contribution in [-0.4, -0.2) is 84.5 Å². The second kappa shape index (κ2) is 16.8. The molecule has 9 rings (SSSR count). The zero-order valence-electron chi connectivity index (χ0n) is 36.3. The molecule has 2 saturated heterocycles. The number of aromatic amines is 1. The SMILES string of the molecule is CC(C)c1ccccc1[C@H]1COCCN1C1CC2(C1)CN(c1ccc(C(=O)NS(=O)(=O)c3cnc(NCC4CCC(C)(C)CC4)c([N+](=O)[O-])c3)c(Oc3cnc4[nH]ccc4c3)c1)C2. The van der Waals surface area contributed by atoms with E-state index in [0.717, 1.165) is 88.1 Å². The number of carbonyl (C=O) groups is 1. The first-order valence-electron chi connectivity index (χ1n) is 22.0. The first-order chi connectivity index (χ1) is 30.2. The van der Waals surface area contributed by atoms with Crippen molar-refractivity contribution in [2.45, 2.75) is 89.1 Å². The van der Waals surface area contributed by atoms with Gasteiger partial charge in [0.15, 0.2) is 0 Å². The number of hydrogen-bond acceptors (Lipinski definition) is 12. The van der Waals surface area contributed by atoms with Gasteiger partial charge in [0.1, 0.15) is 22.0 Å². The minimum atomic E-state index is -4.60. The summed E-state index contributed by atoms with van der Waals surface area (Å²) in [6.07, 6.45) is 10.6. The lowest BCUT2D eigenvalue weighted by atomic mass is 9.59. The number of rotatable bonds is 13. The smallest absolute Gasteiger partial charge is 0.312 e. The molecule has 5 heterocycles. The van der Waals surface area contributed by atoms with Crippen LogP contribution in [0.3, 0.4) is 0 Å². The molecule has 16 heteroatoms. The van der Waals surface area contributed by atoms with Crippen molar-refractivity contribution >= 4 is 44.2 Å². The van der Waals surface area contributed by atoms with Gasteiger partial charge in [0, 0.05) is 67.0 Å². The van der Waals surface area contributed by atoms with Gasteiger partial charge >= 0.3 is 5.69 Å². The van der Waals surface area contributed by atoms with Crippen LogP contribution >= 0.6 is 0 Å². The molecule has 4 fully saturated rings. The molecular weight excluding hydrogens is 821 g/mol. The minimum Gasteiger partial charge on any atom is -0.455 e. The molecule has 2 aliphatic heterocycles. The van der Waals surface area contributed by atoms with Crippen molar-refractivity contribution in [3.8, 4) is 11.5 Å². The van der Waals surface area contributed by atoms with Crippen LogP contribution in [0.4, 0.5) is 17.2 Å². The number of amides is 1. The van der Waals surface area contributed by atoms with Crippen LogP contribution in [0.1, 0.15) is 99.7 Å². The van der Waals surface area contributed by atoms with Gasteiger partial charge in [-0.1, -0.05) is 52.0 Å². The molecule has 2 saturated carbocycles. The fraction of sp³-hybridized carbons (Fsp3) is 0.468. The molecule has 1 atom stereocenters. The van der Waals surface area contributed by atoms with Crippen molar-refractivity contribution in [1.82, 2.24) is 24.6 Å². The van der Waals surface area contributed by atoms with E-state index in [9.17, 15) is 23.3 Å². The van der Waals surface area contributed by atoms with E-state index in [1.54, 1.807) is 30.5 Å². The highest BCUT2D eigenvalue weighted by molar-refractivity contribution is 7.90. The van der Waals surface area contributed by atoms with Gasteiger partial charge in [-0.3, -0.25) is 19.8 Å². The van der Waals surface area contributed by atoms with Gasteiger partial charge in [-0.2, -0.15) is 0 Å². The molecule has 15 nitrogen and oxygen atoms in total. The Labute approximate surface area is 368 Å². The number of pyridine rings is 2. The molecule has 2 aromatic carbocycles. The number of carbonyl (C=O) groups excluding carboxylic acids is 1. The first kappa shape index (κ1) is 42.7. The number of aromatic nitrogens is 3. The third-order valence-corrected chi connectivity index (χ3v) is 15.1. The lowest BCUT2D eigenvalue weighted by molar-refractivity contribution is -0.384. The Morgan fingerprint density at radius 2 is 1.83 bits per heavy atom. The second-order valence-electron chi connectivity index (χ2n) is 19.1. The average molecular weight is 877 g/mol. The number of H-pyrrole nitrogens is 1. The van der Waals surface area contributed by atoms with Crippen LogP contribution in [0.2, 0.25) is 0 Å². The van der Waals surface area contributed by atoms with E-state index in [0.29, 0.717) is 42.4 Å². The quantitative estimate of drug-likeness (QED) is 0.0757. The third kappa shape index (κ3) is 8.85. The topological polar surface area (TPSA) is 185 Å². The Bertz CT molecular complexity index is 2620. The van der Waals surface area contributed by atoms with Crippen LogP contribution in [0.5, 0.6) is 11.5 Å². The number of sulfonamides is 1. The summed E-state index contributed by atoms with van der Waals surface area (Å²) in [7, 11) is -4.60. The molecular formula is C47H56N8O7S. The molecule has 1 spiro atoms. The average Bonchev–Trinajstić information content (AvgIpc) is 3.70. The highest BCUT2D eigenvalue weighted by Crippen LogP contribution is 2.53. The summed E-state index contributed by atoms with van der Waals surface area (Å²) in [6.45, 7) is 13.5. The predicted molar refractivity (Wildman–Crippen MR) is 241 cm³/mol. The van der Waals surface area contributed by atoms with E-state index in [4.69, 9.17) is 9.47 Å². The van der Waals surface area contributed by atoms with E-state index < -0.39 is 31.4 Å². The number of anilines is 2. The molecule has 1 amide bonds. The molecule has 63 heavy (non-hydrogen) atoms. The second-order valence-corrected chi connectivity index (χ2v) is 20.8. The van der Waals surface area contributed by atoms with Gasteiger partial charge in [0.05, 0.1) is 42.1 Å². The Hall–Kier alpha value is -5.58. The number of nitrogens with zero attached hydrogens (tertiary/aromatic N) is 5. The number of fused-ring (bicyclic) bond motifs is 1. The lowest BCUT2D eigenvalue weighted by Gasteiger charge is -2.63. The van der Waals surface area contributed by atoms with Crippen LogP contribution in [0.25, 0.3) is 11.0 Å². The molecule has 2 aliphatic carbocycles. The summed E-state index contributed by atoms with van der Waals surface area (Å²) < 4.78 is 41.8. The molecule has 3 N–H and O–H groups in total. The molecule has 0 radical (unpaired) electrons. The number of morpholine rings is 1. The zero-order chi connectivity index (χ0) is 44.1. The minimum absolute atomic E-state index is 0.0164. The molecule has 0 unspecified atom stereocenters.